The van der Waals surface area contributed by atoms with Gasteiger partial charge in [0.2, 0.25) is 17.7 Å². The first-order valence-corrected chi connectivity index (χ1v) is 21.9. The molecule has 0 spiro atoms. The molecular formula is C48H59BF2N8O5. The number of amides is 3. The molecule has 0 saturated heterocycles. The predicted molar refractivity (Wildman–Crippen MR) is 247 cm³/mol. The number of ether oxygens (including phenoxy) is 1. The molecule has 3 unspecified atom stereocenters. The number of hydrogen-bond donors (Lipinski definition) is 5. The number of carbonyl (C=O) groups is 4. The van der Waals surface area contributed by atoms with E-state index in [4.69, 9.17) is 16.2 Å². The Kier molecular flexibility index (Phi) is 14.9. The number of hydrogen-bond acceptors (Lipinski definition) is 6. The van der Waals surface area contributed by atoms with E-state index in [0.717, 1.165) is 30.9 Å². The first kappa shape index (κ1) is 46.9. The molecule has 0 saturated carbocycles. The first-order valence-electron chi connectivity index (χ1n) is 21.9. The van der Waals surface area contributed by atoms with Crippen LogP contribution in [-0.4, -0.2) is 75.5 Å². The van der Waals surface area contributed by atoms with Gasteiger partial charge in [0.15, 0.2) is 11.7 Å². The van der Waals surface area contributed by atoms with E-state index in [1.165, 1.54) is 0 Å². The second kappa shape index (κ2) is 20.3. The number of aryl methyl sites for hydroxylation is 2. The number of rotatable bonds is 19. The lowest BCUT2D eigenvalue weighted by Crippen LogP contribution is -2.50. The van der Waals surface area contributed by atoms with Crippen molar-refractivity contribution in [2.45, 2.75) is 110 Å². The molecule has 4 aromatic rings. The van der Waals surface area contributed by atoms with Gasteiger partial charge >= 0.3 is 12.9 Å². The average molecular weight is 877 g/mol. The SMILES string of the molecule is Cc1cc(C)n2c1C=C1C=CC(CCCCC(=O)NC(CCCN=C(N)N)C(=O)NC(CC(=O)NC(Cc3ccccc3)C(=O)OC(C)(C)C)c3cccc4ccccc34)=[N+]1[B-]2(F)F. The fraction of sp³-hybridized carbons (Fsp3) is 0.375. The number of nitrogens with zero attached hydrogens (tertiary/aromatic N) is 3. The maximum atomic E-state index is 16.0. The molecule has 13 nitrogen and oxygen atoms in total. The lowest BCUT2D eigenvalue weighted by atomic mass is 9.90. The molecule has 0 bridgehead atoms. The topological polar surface area (TPSA) is 186 Å². The molecule has 3 amide bonds. The van der Waals surface area contributed by atoms with Crippen LogP contribution in [0.4, 0.5) is 8.63 Å². The van der Waals surface area contributed by atoms with Gasteiger partial charge in [0, 0.05) is 49.7 Å². The summed E-state index contributed by atoms with van der Waals surface area (Å²) in [4.78, 5) is 59.4. The summed E-state index contributed by atoms with van der Waals surface area (Å²) in [5.41, 5.74) is 14.5. The molecule has 6 rings (SSSR count). The van der Waals surface area contributed by atoms with Crippen LogP contribution in [0, 0.1) is 13.8 Å². The number of benzene rings is 3. The third-order valence-corrected chi connectivity index (χ3v) is 11.3. The van der Waals surface area contributed by atoms with E-state index < -0.39 is 54.4 Å². The maximum absolute atomic E-state index is 16.0. The largest absolute Gasteiger partial charge is 0.737 e. The molecular weight excluding hydrogens is 817 g/mol. The normalized spacial score (nSPS) is 15.3. The lowest BCUT2D eigenvalue weighted by Gasteiger charge is -2.30. The van der Waals surface area contributed by atoms with Crippen molar-refractivity contribution in [1.29, 1.82) is 0 Å². The van der Waals surface area contributed by atoms with Crippen molar-refractivity contribution in [3.8, 4) is 0 Å². The molecule has 0 fully saturated rings. The Morgan fingerprint density at radius 2 is 1.56 bits per heavy atom. The van der Waals surface area contributed by atoms with Crippen LogP contribution in [0.3, 0.4) is 0 Å². The summed E-state index contributed by atoms with van der Waals surface area (Å²) in [6.45, 7) is 4.88. The van der Waals surface area contributed by atoms with E-state index in [0.29, 0.717) is 54.0 Å². The third kappa shape index (κ3) is 11.7. The van der Waals surface area contributed by atoms with Crippen molar-refractivity contribution in [3.05, 3.63) is 125 Å². The van der Waals surface area contributed by atoms with Gasteiger partial charge in [-0.15, -0.1) is 0 Å². The summed E-state index contributed by atoms with van der Waals surface area (Å²) < 4.78 is 39.8. The second-order valence-electron chi connectivity index (χ2n) is 17.5. The number of halogens is 2. The number of unbranched alkanes of at least 4 members (excludes halogenated alkanes) is 1. The van der Waals surface area contributed by atoms with Gasteiger partial charge in [0.1, 0.15) is 23.4 Å². The molecule has 1 aromatic heterocycles. The number of allylic oxidation sites excluding steroid dienone is 2. The molecule has 3 heterocycles. The summed E-state index contributed by atoms with van der Waals surface area (Å²) in [5, 5.41) is 10.5. The van der Waals surface area contributed by atoms with Gasteiger partial charge in [0.25, 0.3) is 0 Å². The summed E-state index contributed by atoms with van der Waals surface area (Å²) in [6.07, 6.45) is 6.85. The molecule has 2 aliphatic heterocycles. The Bertz CT molecular complexity index is 2500. The van der Waals surface area contributed by atoms with E-state index in [1.54, 1.807) is 52.0 Å². The van der Waals surface area contributed by atoms with Crippen molar-refractivity contribution in [2.24, 2.45) is 16.5 Å². The third-order valence-electron chi connectivity index (χ3n) is 11.3. The van der Waals surface area contributed by atoms with Gasteiger partial charge < -0.3 is 49.8 Å². The van der Waals surface area contributed by atoms with Gasteiger partial charge in [0.05, 0.1) is 12.5 Å². The smallest absolute Gasteiger partial charge is 0.458 e. The van der Waals surface area contributed by atoms with Crippen molar-refractivity contribution < 1.29 is 37.0 Å². The highest BCUT2D eigenvalue weighted by molar-refractivity contribution is 6.58. The number of nitrogens with two attached hydrogens (primary N) is 2. The molecule has 0 radical (unpaired) electrons. The van der Waals surface area contributed by atoms with E-state index >= 15 is 8.63 Å². The number of aliphatic imine (C=N–C) groups is 1. The molecule has 3 aromatic carbocycles. The zero-order chi connectivity index (χ0) is 46.2. The number of nitrogens with one attached hydrogen (secondary N) is 3. The van der Waals surface area contributed by atoms with E-state index in [1.807, 2.05) is 79.7 Å². The van der Waals surface area contributed by atoms with Gasteiger partial charge in [-0.2, -0.15) is 0 Å². The molecule has 7 N–H and O–H groups in total. The number of fused-ring (bicyclic) bond motifs is 3. The minimum absolute atomic E-state index is 0.0432. The Hall–Kier alpha value is -6.58. The average Bonchev–Trinajstić information content (AvgIpc) is 3.79. The van der Waals surface area contributed by atoms with Crippen molar-refractivity contribution >= 4 is 59.2 Å². The number of guanidine groups is 1. The van der Waals surface area contributed by atoms with Gasteiger partial charge in [-0.3, -0.25) is 19.4 Å². The fourth-order valence-corrected chi connectivity index (χ4v) is 8.45. The van der Waals surface area contributed by atoms with E-state index in [2.05, 4.69) is 20.9 Å². The van der Waals surface area contributed by atoms with Crippen LogP contribution in [0.1, 0.15) is 99.8 Å². The summed E-state index contributed by atoms with van der Waals surface area (Å²) in [7, 11) is 0. The monoisotopic (exact) mass is 876 g/mol. The van der Waals surface area contributed by atoms with Gasteiger partial charge in [-0.1, -0.05) is 72.8 Å². The summed E-state index contributed by atoms with van der Waals surface area (Å²) in [5.74, 6) is -2.13. The van der Waals surface area contributed by atoms with Gasteiger partial charge in [-0.05, 0) is 99.5 Å². The predicted octanol–water partition coefficient (Wildman–Crippen LogP) is 6.27. The minimum atomic E-state index is -4.10. The molecule has 16 heteroatoms. The second-order valence-corrected chi connectivity index (χ2v) is 17.5. The fourth-order valence-electron chi connectivity index (χ4n) is 8.45. The zero-order valence-corrected chi connectivity index (χ0v) is 37.2. The Labute approximate surface area is 373 Å². The van der Waals surface area contributed by atoms with Crippen LogP contribution >= 0.6 is 0 Å². The minimum Gasteiger partial charge on any atom is -0.458 e. The number of esters is 1. The van der Waals surface area contributed by atoms with Crippen LogP contribution in [0.15, 0.2) is 102 Å². The molecule has 2 aliphatic rings. The summed E-state index contributed by atoms with van der Waals surface area (Å²) >= 11 is 0. The van der Waals surface area contributed by atoms with Crippen molar-refractivity contribution in [2.75, 3.05) is 6.54 Å². The Balaban J connectivity index is 1.17. The highest BCUT2D eigenvalue weighted by Gasteiger charge is 2.52. The van der Waals surface area contributed by atoms with Crippen LogP contribution in [0.2, 0.25) is 0 Å². The Morgan fingerprint density at radius 3 is 2.30 bits per heavy atom. The highest BCUT2D eigenvalue weighted by Crippen LogP contribution is 2.35. The van der Waals surface area contributed by atoms with Gasteiger partial charge in [-0.25, -0.2) is 4.79 Å². The maximum Gasteiger partial charge on any atom is 0.737 e. The Morgan fingerprint density at radius 1 is 0.859 bits per heavy atom. The molecule has 3 atom stereocenters. The zero-order valence-electron chi connectivity index (χ0n) is 37.2. The van der Waals surface area contributed by atoms with E-state index in [-0.39, 0.29) is 38.2 Å². The first-order chi connectivity index (χ1) is 30.4. The van der Waals surface area contributed by atoms with Crippen molar-refractivity contribution in [1.82, 2.24) is 20.4 Å². The van der Waals surface area contributed by atoms with Crippen molar-refractivity contribution in [3.63, 3.8) is 0 Å². The van der Waals surface area contributed by atoms with Crippen LogP contribution in [0.5, 0.6) is 0 Å². The number of carbonyl (C=O) groups excluding carboxylic acids is 4. The highest BCUT2D eigenvalue weighted by atomic mass is 19.2. The summed E-state index contributed by atoms with van der Waals surface area (Å²) in [6, 6.07) is 21.3. The van der Waals surface area contributed by atoms with Crippen LogP contribution in [-0.2, 0) is 30.3 Å². The quantitative estimate of drug-likeness (QED) is 0.0242. The van der Waals surface area contributed by atoms with Crippen LogP contribution < -0.4 is 27.4 Å². The standard InChI is InChI=1S/C48H59BF2N8O5/c1-31-27-32(2)58-42(31)29-36-25-24-35(59(36)49(58,50)51)19-10-12-23-43(60)55-39(22-14-26-54-47(52)53)45(62)57-40(38-21-13-18-34-17-9-11-20-37(34)38)30-44(61)56-41(46(63)64-48(3,4)5)28-33-15-7-6-8-16-33/h6-9,11,13,15-18,20-21,24-25,27,29,39-41H,10,12,14,19,22-23,26,28,30H2,1-5H3,(H,55,60)(H,56,61)(H,57,62)(H4,52,53,54). The van der Waals surface area contributed by atoms with Crippen LogP contribution in [0.25, 0.3) is 16.8 Å². The molecule has 338 valence electrons. The molecule has 64 heavy (non-hydrogen) atoms. The van der Waals surface area contributed by atoms with E-state index in [9.17, 15) is 19.2 Å². The number of aromatic nitrogens is 1. The lowest BCUT2D eigenvalue weighted by molar-refractivity contribution is -0.362. The molecule has 0 aliphatic carbocycles.